The number of aromatic nitrogens is 1. The molecule has 1 aromatic heterocycles. The lowest BCUT2D eigenvalue weighted by Crippen LogP contribution is -2.29. The van der Waals surface area contributed by atoms with Crippen LogP contribution in [0.15, 0.2) is 18.5 Å². The maximum absolute atomic E-state index is 7.58. The minimum Gasteiger partial charge on any atom is -0.384 e. The maximum Gasteiger partial charge on any atom is 0.125 e. The molecule has 16 heavy (non-hydrogen) atoms. The van der Waals surface area contributed by atoms with Crippen molar-refractivity contribution in [3.63, 3.8) is 0 Å². The summed E-state index contributed by atoms with van der Waals surface area (Å²) >= 11 is 0. The summed E-state index contributed by atoms with van der Waals surface area (Å²) in [5, 5.41) is 7.58. The molecule has 0 spiro atoms. The molecule has 0 aromatic carbocycles. The Morgan fingerprint density at radius 3 is 2.88 bits per heavy atom. The van der Waals surface area contributed by atoms with Crippen LogP contribution >= 0.6 is 0 Å². The number of hydrogen-bond donors (Lipinski definition) is 2. The Hall–Kier alpha value is -1.58. The molecule has 1 fully saturated rings. The first-order chi connectivity index (χ1) is 7.59. The minimum absolute atomic E-state index is 0.115. The fraction of sp³-hybridized carbons (Fsp3) is 0.500. The Balaban J connectivity index is 2.36. The van der Waals surface area contributed by atoms with Crippen LogP contribution in [0.2, 0.25) is 0 Å². The molecule has 1 aromatic rings. The van der Waals surface area contributed by atoms with Gasteiger partial charge in [0.1, 0.15) is 5.84 Å². The predicted octanol–water partition coefficient (Wildman–Crippen LogP) is 1.60. The van der Waals surface area contributed by atoms with E-state index in [0.717, 1.165) is 17.8 Å². The molecule has 0 amide bonds. The van der Waals surface area contributed by atoms with E-state index >= 15 is 0 Å². The van der Waals surface area contributed by atoms with Crippen molar-refractivity contribution in [1.82, 2.24) is 4.98 Å². The van der Waals surface area contributed by atoms with Gasteiger partial charge in [-0.25, -0.2) is 0 Å². The number of nitrogens with zero attached hydrogens (tertiary/aromatic N) is 2. The Labute approximate surface area is 96.0 Å². The largest absolute Gasteiger partial charge is 0.384 e. The van der Waals surface area contributed by atoms with Gasteiger partial charge in [0.05, 0.1) is 11.9 Å². The van der Waals surface area contributed by atoms with Gasteiger partial charge in [-0.15, -0.1) is 0 Å². The third-order valence-corrected chi connectivity index (χ3v) is 3.18. The summed E-state index contributed by atoms with van der Waals surface area (Å²) in [7, 11) is 0. The van der Waals surface area contributed by atoms with E-state index in [-0.39, 0.29) is 5.84 Å². The van der Waals surface area contributed by atoms with Crippen LogP contribution in [-0.2, 0) is 0 Å². The summed E-state index contributed by atoms with van der Waals surface area (Å²) in [6, 6.07) is 2.31. The quantitative estimate of drug-likeness (QED) is 0.585. The number of rotatable bonds is 2. The van der Waals surface area contributed by atoms with E-state index in [1.54, 1.807) is 6.20 Å². The van der Waals surface area contributed by atoms with Crippen molar-refractivity contribution in [2.75, 3.05) is 11.4 Å². The summed E-state index contributed by atoms with van der Waals surface area (Å²) in [6.45, 7) is 5.48. The summed E-state index contributed by atoms with van der Waals surface area (Å²) in [6.07, 6.45) is 4.68. The highest BCUT2D eigenvalue weighted by Crippen LogP contribution is 2.30. The Kier molecular flexibility index (Phi) is 2.81. The van der Waals surface area contributed by atoms with E-state index < -0.39 is 0 Å². The SMILES string of the molecule is CC1CC(C)N(c2cnccc2C(=N)N)C1. The van der Waals surface area contributed by atoms with Crippen LogP contribution in [-0.4, -0.2) is 23.4 Å². The molecule has 2 rings (SSSR count). The molecule has 1 aliphatic heterocycles. The van der Waals surface area contributed by atoms with Crippen molar-refractivity contribution >= 4 is 11.5 Å². The van der Waals surface area contributed by atoms with Crippen molar-refractivity contribution in [2.45, 2.75) is 26.3 Å². The number of hydrogen-bond acceptors (Lipinski definition) is 3. The number of nitrogen functional groups attached to an aromatic ring is 1. The second-order valence-corrected chi connectivity index (χ2v) is 4.65. The van der Waals surface area contributed by atoms with E-state index in [9.17, 15) is 0 Å². The topological polar surface area (TPSA) is 66.0 Å². The van der Waals surface area contributed by atoms with Gasteiger partial charge in [-0.05, 0) is 25.3 Å². The normalized spacial score (nSPS) is 24.8. The number of pyridine rings is 1. The van der Waals surface area contributed by atoms with Crippen LogP contribution in [0.5, 0.6) is 0 Å². The second-order valence-electron chi connectivity index (χ2n) is 4.65. The van der Waals surface area contributed by atoms with Crippen LogP contribution in [0.3, 0.4) is 0 Å². The standard InChI is InChI=1S/C12H18N4/c1-8-5-9(2)16(7-8)11-6-15-4-3-10(11)12(13)14/h3-4,6,8-9H,5,7H2,1-2H3,(H3,13,14). The molecule has 0 saturated carbocycles. The van der Waals surface area contributed by atoms with Crippen LogP contribution in [0.4, 0.5) is 5.69 Å². The van der Waals surface area contributed by atoms with Gasteiger partial charge in [0.15, 0.2) is 0 Å². The fourth-order valence-corrected chi connectivity index (χ4v) is 2.48. The molecule has 0 aliphatic carbocycles. The molecule has 2 atom stereocenters. The van der Waals surface area contributed by atoms with Gasteiger partial charge in [-0.1, -0.05) is 6.92 Å². The van der Waals surface area contributed by atoms with Crippen molar-refractivity contribution in [2.24, 2.45) is 11.7 Å². The molecule has 2 unspecified atom stereocenters. The average molecular weight is 218 g/mol. The van der Waals surface area contributed by atoms with Crippen molar-refractivity contribution in [3.05, 3.63) is 24.0 Å². The van der Waals surface area contributed by atoms with Gasteiger partial charge in [-0.3, -0.25) is 10.4 Å². The Morgan fingerprint density at radius 1 is 1.56 bits per heavy atom. The summed E-state index contributed by atoms with van der Waals surface area (Å²) in [5.74, 6) is 0.805. The van der Waals surface area contributed by atoms with Crippen molar-refractivity contribution < 1.29 is 0 Å². The predicted molar refractivity (Wildman–Crippen MR) is 65.8 cm³/mol. The van der Waals surface area contributed by atoms with Crippen molar-refractivity contribution in [1.29, 1.82) is 5.41 Å². The number of nitrogens with two attached hydrogens (primary N) is 1. The number of anilines is 1. The zero-order chi connectivity index (χ0) is 11.7. The van der Waals surface area contributed by atoms with E-state index in [2.05, 4.69) is 23.7 Å². The van der Waals surface area contributed by atoms with Crippen LogP contribution in [0, 0.1) is 11.3 Å². The molecule has 86 valence electrons. The van der Waals surface area contributed by atoms with E-state index in [1.165, 1.54) is 6.42 Å². The van der Waals surface area contributed by atoms with Crippen LogP contribution in [0.25, 0.3) is 0 Å². The van der Waals surface area contributed by atoms with Gasteiger partial charge in [0.2, 0.25) is 0 Å². The van der Waals surface area contributed by atoms with E-state index in [4.69, 9.17) is 11.1 Å². The highest BCUT2D eigenvalue weighted by atomic mass is 15.2. The van der Waals surface area contributed by atoms with Gasteiger partial charge < -0.3 is 10.6 Å². The monoisotopic (exact) mass is 218 g/mol. The van der Waals surface area contributed by atoms with Gasteiger partial charge in [0.25, 0.3) is 0 Å². The van der Waals surface area contributed by atoms with Gasteiger partial charge >= 0.3 is 0 Å². The molecule has 4 nitrogen and oxygen atoms in total. The first-order valence-corrected chi connectivity index (χ1v) is 5.64. The van der Waals surface area contributed by atoms with Crippen LogP contribution in [0.1, 0.15) is 25.8 Å². The maximum atomic E-state index is 7.58. The van der Waals surface area contributed by atoms with Gasteiger partial charge in [-0.2, -0.15) is 0 Å². The molecule has 0 bridgehead atoms. The molecule has 4 heteroatoms. The highest BCUT2D eigenvalue weighted by molar-refractivity contribution is 6.00. The smallest absolute Gasteiger partial charge is 0.125 e. The molecule has 3 N–H and O–H groups in total. The third-order valence-electron chi connectivity index (χ3n) is 3.18. The average Bonchev–Trinajstić information content (AvgIpc) is 2.57. The molecular weight excluding hydrogens is 200 g/mol. The number of nitrogens with one attached hydrogen (secondary N) is 1. The zero-order valence-electron chi connectivity index (χ0n) is 9.77. The van der Waals surface area contributed by atoms with E-state index in [1.807, 2.05) is 12.3 Å². The van der Waals surface area contributed by atoms with E-state index in [0.29, 0.717) is 12.0 Å². The lowest BCUT2D eigenvalue weighted by molar-refractivity contribution is 0.625. The molecule has 1 saturated heterocycles. The lowest BCUT2D eigenvalue weighted by atomic mass is 10.1. The fourth-order valence-electron chi connectivity index (χ4n) is 2.48. The van der Waals surface area contributed by atoms with Crippen molar-refractivity contribution in [3.8, 4) is 0 Å². The minimum atomic E-state index is 0.115. The first-order valence-electron chi connectivity index (χ1n) is 5.64. The summed E-state index contributed by atoms with van der Waals surface area (Å²) in [4.78, 5) is 6.44. The zero-order valence-corrected chi connectivity index (χ0v) is 9.77. The second kappa shape index (κ2) is 4.12. The third kappa shape index (κ3) is 1.87. The molecular formula is C12H18N4. The number of amidine groups is 1. The summed E-state index contributed by atoms with van der Waals surface area (Å²) in [5.41, 5.74) is 7.37. The molecule has 2 heterocycles. The Morgan fingerprint density at radius 2 is 2.31 bits per heavy atom. The molecule has 1 aliphatic rings. The Bertz CT molecular complexity index is 402. The highest BCUT2D eigenvalue weighted by Gasteiger charge is 2.28. The summed E-state index contributed by atoms with van der Waals surface area (Å²) < 4.78 is 0. The lowest BCUT2D eigenvalue weighted by Gasteiger charge is -2.25. The first kappa shape index (κ1) is 10.9. The van der Waals surface area contributed by atoms with Gasteiger partial charge in [0, 0.05) is 24.3 Å². The molecule has 0 radical (unpaired) electrons. The van der Waals surface area contributed by atoms with Crippen LogP contribution < -0.4 is 10.6 Å².